The average molecular weight is 334 g/mol. The monoisotopic (exact) mass is 334 g/mol. The van der Waals surface area contributed by atoms with Gasteiger partial charge < -0.3 is 14.5 Å². The molecule has 0 saturated heterocycles. The van der Waals surface area contributed by atoms with Crippen molar-refractivity contribution in [1.82, 2.24) is 4.98 Å². The number of hydrogen-bond acceptors (Lipinski definition) is 4. The fourth-order valence-corrected chi connectivity index (χ4v) is 2.82. The van der Waals surface area contributed by atoms with Gasteiger partial charge in [-0.1, -0.05) is 18.2 Å². The van der Waals surface area contributed by atoms with Gasteiger partial charge in [0, 0.05) is 28.2 Å². The maximum absolute atomic E-state index is 12.7. The largest absolute Gasteiger partial charge is 0.490 e. The Bertz CT molecular complexity index is 967. The molecule has 1 heterocycles. The molecule has 3 rings (SSSR count). The van der Waals surface area contributed by atoms with Gasteiger partial charge in [-0.3, -0.25) is 4.79 Å². The molecule has 0 aliphatic heterocycles. The predicted octanol–water partition coefficient (Wildman–Crippen LogP) is 4.01. The second kappa shape index (κ2) is 7.10. The summed E-state index contributed by atoms with van der Waals surface area (Å²) in [5.41, 5.74) is 2.87. The molecule has 0 unspecified atom stereocenters. The second-order valence-corrected chi connectivity index (χ2v) is 5.59. The number of H-pyrrole nitrogens is 1. The molecule has 3 aromatic rings. The maximum Gasteiger partial charge on any atom is 0.202 e. The summed E-state index contributed by atoms with van der Waals surface area (Å²) in [5.74, 6) is 0.804. The number of nitrogens with one attached hydrogen (secondary N) is 1. The van der Waals surface area contributed by atoms with Gasteiger partial charge >= 0.3 is 0 Å². The lowest BCUT2D eigenvalue weighted by molar-refractivity contribution is 0.0920. The van der Waals surface area contributed by atoms with Crippen molar-refractivity contribution in [2.75, 3.05) is 13.2 Å². The van der Waals surface area contributed by atoms with Crippen molar-refractivity contribution in [2.45, 2.75) is 13.8 Å². The number of para-hydroxylation sites is 1. The minimum Gasteiger partial charge on any atom is -0.490 e. The smallest absolute Gasteiger partial charge is 0.202 e. The molecule has 25 heavy (non-hydrogen) atoms. The highest BCUT2D eigenvalue weighted by Gasteiger charge is 2.17. The van der Waals surface area contributed by atoms with Crippen LogP contribution in [0.5, 0.6) is 11.5 Å². The molecule has 0 spiro atoms. The number of nitriles is 1. The molecule has 0 aliphatic carbocycles. The van der Waals surface area contributed by atoms with E-state index in [0.29, 0.717) is 29.2 Å². The summed E-state index contributed by atoms with van der Waals surface area (Å²) in [6.45, 7) is 4.07. The summed E-state index contributed by atoms with van der Waals surface area (Å²) in [5, 5.41) is 9.88. The lowest BCUT2D eigenvalue weighted by Crippen LogP contribution is -2.13. The van der Waals surface area contributed by atoms with Crippen molar-refractivity contribution in [3.8, 4) is 17.6 Å². The molecule has 5 heteroatoms. The summed E-state index contributed by atoms with van der Waals surface area (Å²) < 4.78 is 11.2. The van der Waals surface area contributed by atoms with Gasteiger partial charge in [-0.05, 0) is 32.0 Å². The first kappa shape index (κ1) is 16.6. The first-order valence-corrected chi connectivity index (χ1v) is 8.04. The van der Waals surface area contributed by atoms with Crippen LogP contribution in [0.2, 0.25) is 0 Å². The average Bonchev–Trinajstić information content (AvgIpc) is 2.96. The number of ketones is 1. The van der Waals surface area contributed by atoms with Crippen LogP contribution < -0.4 is 9.47 Å². The van der Waals surface area contributed by atoms with Crippen molar-refractivity contribution in [3.63, 3.8) is 0 Å². The third kappa shape index (κ3) is 3.33. The van der Waals surface area contributed by atoms with E-state index >= 15 is 0 Å². The summed E-state index contributed by atoms with van der Waals surface area (Å²) in [6, 6.07) is 14.6. The minimum atomic E-state index is -0.109. The Morgan fingerprint density at radius 1 is 1.16 bits per heavy atom. The molecular weight excluding hydrogens is 316 g/mol. The van der Waals surface area contributed by atoms with E-state index in [0.717, 1.165) is 16.6 Å². The predicted molar refractivity (Wildman–Crippen MR) is 95.2 cm³/mol. The molecule has 0 radical (unpaired) electrons. The van der Waals surface area contributed by atoms with E-state index in [-0.39, 0.29) is 12.4 Å². The molecule has 0 saturated carbocycles. The summed E-state index contributed by atoms with van der Waals surface area (Å²) >= 11 is 0. The number of fused-ring (bicyclic) bond motifs is 1. The molecule has 0 bridgehead atoms. The fraction of sp³-hybridized carbons (Fsp3) is 0.200. The standard InChI is InChI=1S/C20H18N2O3/c1-3-24-19-10-14(11-21)8-9-18(19)25-12-17(23)20-13(2)22-16-7-5-4-6-15(16)20/h4-10,22H,3,12H2,1-2H3. The van der Waals surface area contributed by atoms with Crippen LogP contribution in [-0.2, 0) is 0 Å². The molecule has 126 valence electrons. The number of Topliss-reactive ketones (excluding diaryl/α,β-unsaturated/α-hetero) is 1. The number of rotatable bonds is 6. The summed E-state index contributed by atoms with van der Waals surface area (Å²) in [4.78, 5) is 15.9. The van der Waals surface area contributed by atoms with Gasteiger partial charge in [0.25, 0.3) is 0 Å². The molecule has 5 nitrogen and oxygen atoms in total. The number of hydrogen-bond donors (Lipinski definition) is 1. The Balaban J connectivity index is 1.83. The van der Waals surface area contributed by atoms with Crippen LogP contribution in [0.15, 0.2) is 42.5 Å². The van der Waals surface area contributed by atoms with Gasteiger partial charge in [-0.25, -0.2) is 0 Å². The van der Waals surface area contributed by atoms with Crippen LogP contribution in [-0.4, -0.2) is 24.0 Å². The highest BCUT2D eigenvalue weighted by atomic mass is 16.5. The van der Waals surface area contributed by atoms with Crippen molar-refractivity contribution >= 4 is 16.7 Å². The van der Waals surface area contributed by atoms with E-state index in [1.54, 1.807) is 18.2 Å². The van der Waals surface area contributed by atoms with Crippen LogP contribution in [0.1, 0.15) is 28.5 Å². The lowest BCUT2D eigenvalue weighted by Gasteiger charge is -2.11. The van der Waals surface area contributed by atoms with E-state index in [2.05, 4.69) is 11.1 Å². The normalized spacial score (nSPS) is 10.4. The highest BCUT2D eigenvalue weighted by Crippen LogP contribution is 2.29. The fourth-order valence-electron chi connectivity index (χ4n) is 2.82. The molecule has 1 N–H and O–H groups in total. The van der Waals surface area contributed by atoms with Crippen molar-refractivity contribution in [3.05, 3.63) is 59.3 Å². The first-order valence-electron chi connectivity index (χ1n) is 8.04. The molecule has 0 amide bonds. The Morgan fingerprint density at radius 2 is 1.96 bits per heavy atom. The Labute approximate surface area is 145 Å². The molecule has 0 fully saturated rings. The zero-order valence-corrected chi connectivity index (χ0v) is 14.1. The third-order valence-electron chi connectivity index (χ3n) is 3.90. The number of nitrogens with zero attached hydrogens (tertiary/aromatic N) is 1. The van der Waals surface area contributed by atoms with Crippen molar-refractivity contribution in [2.24, 2.45) is 0 Å². The number of carbonyl (C=O) groups is 1. The molecule has 0 aliphatic rings. The van der Waals surface area contributed by atoms with Crippen LogP contribution in [0.25, 0.3) is 10.9 Å². The number of carbonyl (C=O) groups excluding carboxylic acids is 1. The first-order chi connectivity index (χ1) is 12.1. The van der Waals surface area contributed by atoms with Crippen molar-refractivity contribution < 1.29 is 14.3 Å². The highest BCUT2D eigenvalue weighted by molar-refractivity contribution is 6.09. The molecule has 2 aromatic carbocycles. The van der Waals surface area contributed by atoms with E-state index in [9.17, 15) is 4.79 Å². The van der Waals surface area contributed by atoms with Gasteiger partial charge in [0.1, 0.15) is 0 Å². The van der Waals surface area contributed by atoms with Crippen LogP contribution >= 0.6 is 0 Å². The maximum atomic E-state index is 12.7. The minimum absolute atomic E-state index is 0.103. The molecular formula is C20H18N2O3. The van der Waals surface area contributed by atoms with Crippen LogP contribution in [0.4, 0.5) is 0 Å². The topological polar surface area (TPSA) is 75.1 Å². The van der Waals surface area contributed by atoms with Crippen LogP contribution in [0.3, 0.4) is 0 Å². The number of benzene rings is 2. The quantitative estimate of drug-likeness (QED) is 0.691. The summed E-state index contributed by atoms with van der Waals surface area (Å²) in [7, 11) is 0. The number of aromatic nitrogens is 1. The Hall–Kier alpha value is -3.26. The zero-order chi connectivity index (χ0) is 17.8. The second-order valence-electron chi connectivity index (χ2n) is 5.59. The van der Waals surface area contributed by atoms with Gasteiger partial charge in [-0.2, -0.15) is 5.26 Å². The zero-order valence-electron chi connectivity index (χ0n) is 14.1. The number of aromatic amines is 1. The van der Waals surface area contributed by atoms with Crippen LogP contribution in [0, 0.1) is 18.3 Å². The Morgan fingerprint density at radius 3 is 2.72 bits per heavy atom. The van der Waals surface area contributed by atoms with Gasteiger partial charge in [0.2, 0.25) is 5.78 Å². The van der Waals surface area contributed by atoms with Crippen molar-refractivity contribution in [1.29, 1.82) is 5.26 Å². The van der Waals surface area contributed by atoms with Gasteiger partial charge in [-0.15, -0.1) is 0 Å². The van der Waals surface area contributed by atoms with E-state index in [1.807, 2.05) is 38.1 Å². The van der Waals surface area contributed by atoms with E-state index in [1.165, 1.54) is 0 Å². The molecule has 1 aromatic heterocycles. The number of ether oxygens (including phenoxy) is 2. The summed E-state index contributed by atoms with van der Waals surface area (Å²) in [6.07, 6.45) is 0. The van der Waals surface area contributed by atoms with E-state index in [4.69, 9.17) is 14.7 Å². The molecule has 0 atom stereocenters. The van der Waals surface area contributed by atoms with Gasteiger partial charge in [0.05, 0.1) is 18.2 Å². The number of aryl methyl sites for hydroxylation is 1. The third-order valence-corrected chi connectivity index (χ3v) is 3.90. The Kier molecular flexibility index (Phi) is 4.71. The van der Waals surface area contributed by atoms with Gasteiger partial charge in [0.15, 0.2) is 18.1 Å². The SMILES string of the molecule is CCOc1cc(C#N)ccc1OCC(=O)c1c(C)[nH]c2ccccc12. The van der Waals surface area contributed by atoms with E-state index < -0.39 is 0 Å². The lowest BCUT2D eigenvalue weighted by atomic mass is 10.1.